The molecule has 8 heteroatoms. The molecular formula is C31H23ClN2O5. The summed E-state index contributed by atoms with van der Waals surface area (Å²) in [7, 11) is 1.56. The maximum absolute atomic E-state index is 12.6. The van der Waals surface area contributed by atoms with Gasteiger partial charge < -0.3 is 24.7 Å². The van der Waals surface area contributed by atoms with Crippen LogP contribution in [0.15, 0.2) is 102 Å². The number of carbonyl (C=O) groups excluding carboxylic acids is 1. The third-order valence-corrected chi connectivity index (χ3v) is 6.58. The van der Waals surface area contributed by atoms with E-state index in [1.54, 1.807) is 55.6 Å². The van der Waals surface area contributed by atoms with Crippen molar-refractivity contribution in [3.63, 3.8) is 0 Å². The zero-order chi connectivity index (χ0) is 27.4. The van der Waals surface area contributed by atoms with E-state index in [1.807, 2.05) is 42.5 Å². The van der Waals surface area contributed by atoms with Crippen LogP contribution in [-0.4, -0.2) is 13.1 Å². The summed E-state index contributed by atoms with van der Waals surface area (Å²) >= 11 is 6.13. The van der Waals surface area contributed by atoms with Gasteiger partial charge in [-0.1, -0.05) is 66.2 Å². The zero-order valence-corrected chi connectivity index (χ0v) is 21.6. The minimum absolute atomic E-state index is 0.0343. The van der Waals surface area contributed by atoms with Crippen LogP contribution in [0.5, 0.6) is 23.0 Å². The van der Waals surface area contributed by atoms with E-state index < -0.39 is 11.9 Å². The minimum atomic E-state index is -0.607. The van der Waals surface area contributed by atoms with Gasteiger partial charge in [0.2, 0.25) is 5.88 Å². The second kappa shape index (κ2) is 11.2. The number of halogens is 1. The van der Waals surface area contributed by atoms with Gasteiger partial charge in [0, 0.05) is 11.6 Å². The molecule has 39 heavy (non-hydrogen) atoms. The van der Waals surface area contributed by atoms with Crippen LogP contribution in [0.4, 0.5) is 0 Å². The quantitative estimate of drug-likeness (QED) is 0.215. The molecule has 5 rings (SSSR count). The molecule has 1 heterocycles. The predicted molar refractivity (Wildman–Crippen MR) is 146 cm³/mol. The first kappa shape index (κ1) is 25.7. The van der Waals surface area contributed by atoms with E-state index in [0.717, 1.165) is 11.1 Å². The summed E-state index contributed by atoms with van der Waals surface area (Å²) in [5, 5.41) is 10.2. The van der Waals surface area contributed by atoms with E-state index in [1.165, 1.54) is 0 Å². The maximum Gasteiger partial charge on any atom is 0.345 e. The van der Waals surface area contributed by atoms with Crippen molar-refractivity contribution < 1.29 is 23.7 Å². The Hall–Kier alpha value is -4.93. The Labute approximate surface area is 230 Å². The van der Waals surface area contributed by atoms with Gasteiger partial charge in [-0.3, -0.25) is 0 Å². The lowest BCUT2D eigenvalue weighted by atomic mass is 9.83. The molecule has 0 amide bonds. The number of esters is 1. The molecular weight excluding hydrogens is 516 g/mol. The number of rotatable bonds is 7. The first-order valence-corrected chi connectivity index (χ1v) is 12.4. The van der Waals surface area contributed by atoms with Crippen molar-refractivity contribution in [3.05, 3.63) is 130 Å². The van der Waals surface area contributed by atoms with Gasteiger partial charge in [0.05, 0.1) is 23.6 Å². The molecule has 194 valence electrons. The van der Waals surface area contributed by atoms with Crippen molar-refractivity contribution in [2.75, 3.05) is 7.11 Å². The molecule has 0 bridgehead atoms. The molecule has 7 nitrogen and oxygen atoms in total. The van der Waals surface area contributed by atoms with Crippen molar-refractivity contribution in [1.82, 2.24) is 0 Å². The molecule has 0 fully saturated rings. The van der Waals surface area contributed by atoms with Crippen molar-refractivity contribution in [1.29, 1.82) is 5.26 Å². The molecule has 4 aromatic carbocycles. The van der Waals surface area contributed by atoms with Gasteiger partial charge in [0.1, 0.15) is 29.7 Å². The number of nitrogens with two attached hydrogens (primary N) is 1. The molecule has 1 unspecified atom stereocenters. The SMILES string of the molecule is COc1cc(C2C(C#N)=C(N)Oc3cc(OC(=O)c4ccccc4Cl)ccc32)ccc1OCc1ccccc1. The molecule has 0 aromatic heterocycles. The molecule has 1 aliphatic rings. The minimum Gasteiger partial charge on any atom is -0.493 e. The summed E-state index contributed by atoms with van der Waals surface area (Å²) in [5.41, 5.74) is 9.11. The van der Waals surface area contributed by atoms with Crippen LogP contribution >= 0.6 is 11.6 Å². The fraction of sp³-hybridized carbons (Fsp3) is 0.0968. The maximum atomic E-state index is 12.6. The molecule has 0 saturated heterocycles. The third kappa shape index (κ3) is 5.37. The monoisotopic (exact) mass is 538 g/mol. The van der Waals surface area contributed by atoms with Crippen LogP contribution in [0.2, 0.25) is 5.02 Å². The van der Waals surface area contributed by atoms with E-state index >= 15 is 0 Å². The highest BCUT2D eigenvalue weighted by Crippen LogP contribution is 2.45. The fourth-order valence-corrected chi connectivity index (χ4v) is 4.56. The lowest BCUT2D eigenvalue weighted by molar-refractivity contribution is 0.0734. The number of hydrogen-bond donors (Lipinski definition) is 1. The van der Waals surface area contributed by atoms with Crippen molar-refractivity contribution >= 4 is 17.6 Å². The Balaban J connectivity index is 1.45. The summed E-state index contributed by atoms with van der Waals surface area (Å²) in [4.78, 5) is 12.6. The average Bonchev–Trinajstić information content (AvgIpc) is 2.96. The van der Waals surface area contributed by atoms with E-state index in [-0.39, 0.29) is 27.8 Å². The predicted octanol–water partition coefficient (Wildman–Crippen LogP) is 6.36. The van der Waals surface area contributed by atoms with Crippen LogP contribution in [0.1, 0.15) is 33.0 Å². The summed E-state index contributed by atoms with van der Waals surface area (Å²) in [5.74, 6) is 0.506. The second-order valence-corrected chi connectivity index (χ2v) is 9.09. The number of hydrogen-bond acceptors (Lipinski definition) is 7. The Morgan fingerprint density at radius 2 is 1.77 bits per heavy atom. The highest BCUT2D eigenvalue weighted by Gasteiger charge is 2.32. The second-order valence-electron chi connectivity index (χ2n) is 8.68. The van der Waals surface area contributed by atoms with Gasteiger partial charge >= 0.3 is 5.97 Å². The lowest BCUT2D eigenvalue weighted by Crippen LogP contribution is -2.21. The highest BCUT2D eigenvalue weighted by molar-refractivity contribution is 6.33. The van der Waals surface area contributed by atoms with Crippen LogP contribution in [0, 0.1) is 11.3 Å². The number of carbonyl (C=O) groups is 1. The molecule has 1 aliphatic heterocycles. The van der Waals surface area contributed by atoms with Gasteiger partial charge in [-0.05, 0) is 41.5 Å². The number of benzene rings is 4. The van der Waals surface area contributed by atoms with E-state index in [4.69, 9.17) is 36.3 Å². The lowest BCUT2D eigenvalue weighted by Gasteiger charge is -2.27. The van der Waals surface area contributed by atoms with Crippen molar-refractivity contribution in [3.8, 4) is 29.1 Å². The number of nitriles is 1. The largest absolute Gasteiger partial charge is 0.493 e. The zero-order valence-electron chi connectivity index (χ0n) is 20.9. The first-order chi connectivity index (χ1) is 19.0. The van der Waals surface area contributed by atoms with Crippen LogP contribution in [0.25, 0.3) is 0 Å². The van der Waals surface area contributed by atoms with Crippen molar-refractivity contribution in [2.45, 2.75) is 12.5 Å². The van der Waals surface area contributed by atoms with Gasteiger partial charge in [-0.15, -0.1) is 0 Å². The molecule has 4 aromatic rings. The van der Waals surface area contributed by atoms with Crippen LogP contribution < -0.4 is 24.7 Å². The van der Waals surface area contributed by atoms with Crippen LogP contribution in [0.3, 0.4) is 0 Å². The molecule has 2 N–H and O–H groups in total. The van der Waals surface area contributed by atoms with Gasteiger partial charge in [0.25, 0.3) is 0 Å². The molecule has 0 saturated carbocycles. The smallest absolute Gasteiger partial charge is 0.345 e. The standard InChI is InChI=1S/C31H23ClN2O5/c1-36-28-15-20(11-14-26(28)37-18-19-7-3-2-4-8-19)29-23-13-12-21(16-27(23)39-30(34)24(29)17-33)38-31(35)22-9-5-6-10-25(22)32/h2-16,29H,18,34H2,1H3. The van der Waals surface area contributed by atoms with Gasteiger partial charge in [-0.2, -0.15) is 5.26 Å². The Morgan fingerprint density at radius 3 is 2.51 bits per heavy atom. The molecule has 0 radical (unpaired) electrons. The number of methoxy groups -OCH3 is 1. The first-order valence-electron chi connectivity index (χ1n) is 12.0. The third-order valence-electron chi connectivity index (χ3n) is 6.25. The molecule has 0 spiro atoms. The topological polar surface area (TPSA) is 104 Å². The van der Waals surface area contributed by atoms with E-state index in [9.17, 15) is 10.1 Å². The highest BCUT2D eigenvalue weighted by atomic mass is 35.5. The fourth-order valence-electron chi connectivity index (χ4n) is 4.35. The van der Waals surface area contributed by atoms with Crippen molar-refractivity contribution in [2.24, 2.45) is 5.73 Å². The number of allylic oxidation sites excluding steroid dienone is 1. The Bertz CT molecular complexity index is 1610. The van der Waals surface area contributed by atoms with Crippen LogP contribution in [-0.2, 0) is 6.61 Å². The summed E-state index contributed by atoms with van der Waals surface area (Å²) < 4.78 is 22.9. The number of fused-ring (bicyclic) bond motifs is 1. The number of ether oxygens (including phenoxy) is 4. The average molecular weight is 539 g/mol. The summed E-state index contributed by atoms with van der Waals surface area (Å²) in [6.45, 7) is 0.378. The van der Waals surface area contributed by atoms with Gasteiger partial charge in [-0.25, -0.2) is 4.79 Å². The molecule has 1 atom stereocenters. The summed E-state index contributed by atoms with van der Waals surface area (Å²) in [6, 6.07) is 29.0. The molecule has 0 aliphatic carbocycles. The van der Waals surface area contributed by atoms with Gasteiger partial charge in [0.15, 0.2) is 11.5 Å². The van der Waals surface area contributed by atoms with E-state index in [0.29, 0.717) is 29.4 Å². The summed E-state index contributed by atoms with van der Waals surface area (Å²) in [6.07, 6.45) is 0. The Morgan fingerprint density at radius 1 is 1.00 bits per heavy atom. The number of nitrogens with zero attached hydrogens (tertiary/aromatic N) is 1. The van der Waals surface area contributed by atoms with E-state index in [2.05, 4.69) is 6.07 Å². The normalized spacial score (nSPS) is 14.0. The Kier molecular flexibility index (Phi) is 7.39.